The summed E-state index contributed by atoms with van der Waals surface area (Å²) >= 11 is 1.18. The van der Waals surface area contributed by atoms with E-state index in [1.165, 1.54) is 18.3 Å². The van der Waals surface area contributed by atoms with Gasteiger partial charge in [-0.3, -0.25) is 14.9 Å². The first-order valence-electron chi connectivity index (χ1n) is 9.13. The number of hydrogen-bond acceptors (Lipinski definition) is 5. The first kappa shape index (κ1) is 24.2. The predicted molar refractivity (Wildman–Crippen MR) is 111 cm³/mol. The molecule has 2 aromatic rings. The average molecular weight is 457 g/mol. The number of thiophene rings is 1. The number of anilines is 2. The number of halogens is 3. The van der Waals surface area contributed by atoms with E-state index < -0.39 is 41.3 Å². The molecule has 11 heteroatoms. The zero-order chi connectivity index (χ0) is 23.4. The summed E-state index contributed by atoms with van der Waals surface area (Å²) in [6, 6.07) is 4.65. The van der Waals surface area contributed by atoms with Crippen LogP contribution in [0.5, 0.6) is 0 Å². The van der Waals surface area contributed by atoms with E-state index in [1.807, 2.05) is 0 Å². The van der Waals surface area contributed by atoms with Crippen LogP contribution in [-0.4, -0.2) is 29.6 Å². The van der Waals surface area contributed by atoms with Crippen LogP contribution in [0.25, 0.3) is 0 Å². The smallest absolute Gasteiger partial charge is 0.416 e. The molecule has 0 aliphatic carbocycles. The van der Waals surface area contributed by atoms with Crippen LogP contribution < -0.4 is 16.0 Å². The molecule has 1 unspecified atom stereocenters. The van der Waals surface area contributed by atoms with E-state index in [2.05, 4.69) is 16.0 Å². The lowest BCUT2D eigenvalue weighted by molar-refractivity contribution is -0.137. The fraction of sp³-hybridized carbons (Fsp3) is 0.350. The molecule has 0 saturated heterocycles. The Balaban J connectivity index is 2.21. The van der Waals surface area contributed by atoms with Crippen LogP contribution in [0.1, 0.15) is 42.9 Å². The summed E-state index contributed by atoms with van der Waals surface area (Å²) in [6.45, 7) is 6.26. The van der Waals surface area contributed by atoms with Gasteiger partial charge in [-0.2, -0.15) is 13.2 Å². The lowest BCUT2D eigenvalue weighted by atomic mass is 10.1. The zero-order valence-electron chi connectivity index (χ0n) is 17.2. The van der Waals surface area contributed by atoms with Gasteiger partial charge in [0.2, 0.25) is 5.91 Å². The first-order valence-corrected chi connectivity index (χ1v) is 10.0. The molecule has 0 aliphatic rings. The fourth-order valence-corrected chi connectivity index (χ4v) is 2.96. The minimum Gasteiger partial charge on any atom is -0.444 e. The molecule has 1 aromatic heterocycles. The van der Waals surface area contributed by atoms with Crippen molar-refractivity contribution in [1.82, 2.24) is 5.32 Å². The van der Waals surface area contributed by atoms with E-state index in [9.17, 15) is 27.6 Å². The maximum Gasteiger partial charge on any atom is 0.416 e. The molecule has 2 rings (SSSR count). The summed E-state index contributed by atoms with van der Waals surface area (Å²) in [5, 5.41) is 8.80. The molecule has 1 atom stereocenters. The molecule has 3 amide bonds. The minimum atomic E-state index is -4.66. The van der Waals surface area contributed by atoms with E-state index in [1.54, 1.807) is 38.3 Å². The third-order valence-corrected chi connectivity index (χ3v) is 4.59. The van der Waals surface area contributed by atoms with Crippen LogP contribution in [-0.2, 0) is 15.7 Å². The molecule has 3 N–H and O–H groups in total. The minimum absolute atomic E-state index is 0.0904. The Kier molecular flexibility index (Phi) is 7.32. The Hall–Kier alpha value is -3.08. The molecular weight excluding hydrogens is 435 g/mol. The third-order valence-electron chi connectivity index (χ3n) is 3.73. The van der Waals surface area contributed by atoms with Crippen molar-refractivity contribution in [3.8, 4) is 0 Å². The summed E-state index contributed by atoms with van der Waals surface area (Å²) < 4.78 is 44.5. The third kappa shape index (κ3) is 7.28. The number of carbonyl (C=O) groups is 3. The Labute approximate surface area is 181 Å². The number of amides is 3. The Morgan fingerprint density at radius 2 is 1.71 bits per heavy atom. The SMILES string of the molecule is CC(NC(=O)c1cccs1)C(=O)Nc1cc(C(F)(F)F)ccc1NC(=O)OC(C)(C)C. The summed E-state index contributed by atoms with van der Waals surface area (Å²) in [5.41, 5.74) is -2.23. The maximum atomic E-state index is 13.1. The van der Waals surface area contributed by atoms with Crippen molar-refractivity contribution in [3.63, 3.8) is 0 Å². The Bertz CT molecular complexity index is 954. The summed E-state index contributed by atoms with van der Waals surface area (Å²) in [7, 11) is 0. The summed E-state index contributed by atoms with van der Waals surface area (Å²) in [4.78, 5) is 37.0. The van der Waals surface area contributed by atoms with Gasteiger partial charge in [-0.15, -0.1) is 11.3 Å². The molecule has 1 heterocycles. The van der Waals surface area contributed by atoms with Gasteiger partial charge >= 0.3 is 12.3 Å². The normalized spacial score (nSPS) is 12.6. The highest BCUT2D eigenvalue weighted by molar-refractivity contribution is 7.12. The van der Waals surface area contributed by atoms with E-state index in [-0.39, 0.29) is 11.4 Å². The van der Waals surface area contributed by atoms with Gasteiger partial charge in [-0.25, -0.2) is 4.79 Å². The topological polar surface area (TPSA) is 96.5 Å². The molecule has 0 radical (unpaired) electrons. The predicted octanol–water partition coefficient (Wildman–Crippen LogP) is 4.87. The Morgan fingerprint density at radius 3 is 2.26 bits per heavy atom. The van der Waals surface area contributed by atoms with Gasteiger partial charge in [0, 0.05) is 0 Å². The Morgan fingerprint density at radius 1 is 1.03 bits per heavy atom. The first-order chi connectivity index (χ1) is 14.3. The van der Waals surface area contributed by atoms with Gasteiger partial charge in [0.1, 0.15) is 11.6 Å². The van der Waals surface area contributed by atoms with Crippen LogP contribution in [0.15, 0.2) is 35.7 Å². The van der Waals surface area contributed by atoms with Gasteiger partial charge in [0.05, 0.1) is 21.8 Å². The van der Waals surface area contributed by atoms with Crippen molar-refractivity contribution < 1.29 is 32.3 Å². The maximum absolute atomic E-state index is 13.1. The second kappa shape index (κ2) is 9.38. The van der Waals surface area contributed by atoms with Gasteiger partial charge in [0.15, 0.2) is 0 Å². The standard InChI is InChI=1S/C20H22F3N3O4S/c1-11(24-17(28)15-6-5-9-31-15)16(27)25-14-10-12(20(21,22)23)7-8-13(14)26-18(29)30-19(2,3)4/h5-11H,1-4H3,(H,24,28)(H,25,27)(H,26,29). The lowest BCUT2D eigenvalue weighted by Gasteiger charge is -2.21. The second-order valence-electron chi connectivity index (χ2n) is 7.55. The van der Waals surface area contributed by atoms with Crippen molar-refractivity contribution in [1.29, 1.82) is 0 Å². The van der Waals surface area contributed by atoms with Crippen LogP contribution in [0, 0.1) is 0 Å². The molecule has 0 spiro atoms. The molecule has 0 saturated carbocycles. The van der Waals surface area contributed by atoms with E-state index in [0.29, 0.717) is 10.9 Å². The summed E-state index contributed by atoms with van der Waals surface area (Å²) in [6.07, 6.45) is -5.56. The molecule has 31 heavy (non-hydrogen) atoms. The lowest BCUT2D eigenvalue weighted by Crippen LogP contribution is -2.41. The highest BCUT2D eigenvalue weighted by Crippen LogP contribution is 2.34. The highest BCUT2D eigenvalue weighted by Gasteiger charge is 2.32. The number of carbonyl (C=O) groups excluding carboxylic acids is 3. The van der Waals surface area contributed by atoms with E-state index >= 15 is 0 Å². The molecular formula is C20H22F3N3O4S. The van der Waals surface area contributed by atoms with Gasteiger partial charge in [0.25, 0.3) is 5.91 Å². The average Bonchev–Trinajstić information content (AvgIpc) is 3.15. The number of nitrogens with one attached hydrogen (secondary N) is 3. The van der Waals surface area contributed by atoms with Gasteiger partial charge in [-0.1, -0.05) is 6.07 Å². The number of ether oxygens (including phenoxy) is 1. The van der Waals surface area contributed by atoms with Crippen LogP contribution in [0.2, 0.25) is 0 Å². The van der Waals surface area contributed by atoms with Crippen molar-refractivity contribution in [2.24, 2.45) is 0 Å². The zero-order valence-corrected chi connectivity index (χ0v) is 18.0. The van der Waals surface area contributed by atoms with Crippen molar-refractivity contribution in [2.45, 2.75) is 45.5 Å². The van der Waals surface area contributed by atoms with Crippen LogP contribution >= 0.6 is 11.3 Å². The monoisotopic (exact) mass is 457 g/mol. The number of alkyl halides is 3. The number of hydrogen-bond donors (Lipinski definition) is 3. The molecule has 0 bridgehead atoms. The summed E-state index contributed by atoms with van der Waals surface area (Å²) in [5.74, 6) is -1.26. The largest absolute Gasteiger partial charge is 0.444 e. The second-order valence-corrected chi connectivity index (χ2v) is 8.49. The number of rotatable bonds is 5. The van der Waals surface area contributed by atoms with Crippen molar-refractivity contribution in [3.05, 3.63) is 46.2 Å². The van der Waals surface area contributed by atoms with Gasteiger partial charge in [-0.05, 0) is 57.3 Å². The fourth-order valence-electron chi connectivity index (χ4n) is 2.33. The molecule has 0 aliphatic heterocycles. The van der Waals surface area contributed by atoms with E-state index in [0.717, 1.165) is 12.1 Å². The quantitative estimate of drug-likeness (QED) is 0.597. The van der Waals surface area contributed by atoms with Crippen LogP contribution in [0.3, 0.4) is 0 Å². The van der Waals surface area contributed by atoms with E-state index in [4.69, 9.17) is 4.74 Å². The molecule has 7 nitrogen and oxygen atoms in total. The van der Waals surface area contributed by atoms with Crippen molar-refractivity contribution >= 4 is 40.6 Å². The van der Waals surface area contributed by atoms with Gasteiger partial charge < -0.3 is 15.4 Å². The number of benzene rings is 1. The van der Waals surface area contributed by atoms with Crippen molar-refractivity contribution in [2.75, 3.05) is 10.6 Å². The molecule has 168 valence electrons. The highest BCUT2D eigenvalue weighted by atomic mass is 32.1. The van der Waals surface area contributed by atoms with Crippen LogP contribution in [0.4, 0.5) is 29.3 Å². The molecule has 1 aromatic carbocycles. The molecule has 0 fully saturated rings.